The molecule has 1 amide bonds. The number of nitrogens with zero attached hydrogens (tertiary/aromatic N) is 3. The summed E-state index contributed by atoms with van der Waals surface area (Å²) in [5, 5.41) is 3.43. The van der Waals surface area contributed by atoms with Crippen LogP contribution in [0.5, 0.6) is 0 Å². The van der Waals surface area contributed by atoms with Gasteiger partial charge in [0.1, 0.15) is 5.69 Å². The molecule has 1 atom stereocenters. The third-order valence-corrected chi connectivity index (χ3v) is 5.02. The van der Waals surface area contributed by atoms with Crippen molar-refractivity contribution in [1.82, 2.24) is 19.8 Å². The van der Waals surface area contributed by atoms with Crippen molar-refractivity contribution >= 4 is 5.91 Å². The predicted molar refractivity (Wildman–Crippen MR) is 82.1 cm³/mol. The molecule has 5 nitrogen and oxygen atoms in total. The Kier molecular flexibility index (Phi) is 4.58. The SMILES string of the molecule is Cn1cncc1C(=O)N1CCCCCC1C1CCNCC1. The van der Waals surface area contributed by atoms with E-state index in [0.29, 0.717) is 12.0 Å². The zero-order chi connectivity index (χ0) is 14.7. The molecule has 0 saturated carbocycles. The highest BCUT2D eigenvalue weighted by Gasteiger charge is 2.33. The van der Waals surface area contributed by atoms with Crippen LogP contribution in [0.2, 0.25) is 0 Å². The van der Waals surface area contributed by atoms with E-state index in [1.165, 1.54) is 25.7 Å². The van der Waals surface area contributed by atoms with E-state index in [2.05, 4.69) is 15.2 Å². The van der Waals surface area contributed by atoms with Gasteiger partial charge in [0.05, 0.1) is 12.5 Å². The van der Waals surface area contributed by atoms with E-state index in [4.69, 9.17) is 0 Å². The second kappa shape index (κ2) is 6.60. The molecule has 1 unspecified atom stereocenters. The highest BCUT2D eigenvalue weighted by atomic mass is 16.2. The minimum absolute atomic E-state index is 0.167. The van der Waals surface area contributed by atoms with Crippen LogP contribution in [0.3, 0.4) is 0 Å². The molecule has 1 N–H and O–H groups in total. The van der Waals surface area contributed by atoms with Crippen molar-refractivity contribution in [3.05, 3.63) is 18.2 Å². The van der Waals surface area contributed by atoms with E-state index in [1.54, 1.807) is 12.5 Å². The number of carbonyl (C=O) groups excluding carboxylic acids is 1. The van der Waals surface area contributed by atoms with Crippen molar-refractivity contribution < 1.29 is 4.79 Å². The first-order valence-corrected chi connectivity index (χ1v) is 8.25. The lowest BCUT2D eigenvalue weighted by molar-refractivity contribution is 0.0572. The number of aromatic nitrogens is 2. The Morgan fingerprint density at radius 2 is 2.05 bits per heavy atom. The molecule has 0 bridgehead atoms. The third-order valence-electron chi connectivity index (χ3n) is 5.02. The van der Waals surface area contributed by atoms with E-state index in [0.717, 1.165) is 38.2 Å². The number of carbonyl (C=O) groups is 1. The standard InChI is InChI=1S/C16H26N4O/c1-19-12-18-11-15(19)16(21)20-10-4-2-3-5-14(20)13-6-8-17-9-7-13/h11-14,17H,2-10H2,1H3. The Labute approximate surface area is 126 Å². The van der Waals surface area contributed by atoms with Crippen LogP contribution in [-0.4, -0.2) is 46.0 Å². The Balaban J connectivity index is 1.81. The van der Waals surface area contributed by atoms with E-state index < -0.39 is 0 Å². The lowest BCUT2D eigenvalue weighted by Crippen LogP contribution is -2.47. The van der Waals surface area contributed by atoms with Gasteiger partial charge in [0.2, 0.25) is 0 Å². The predicted octanol–water partition coefficient (Wildman–Crippen LogP) is 1.80. The fourth-order valence-corrected chi connectivity index (χ4v) is 3.82. The number of nitrogens with one attached hydrogen (secondary N) is 1. The summed E-state index contributed by atoms with van der Waals surface area (Å²) < 4.78 is 1.84. The second-order valence-corrected chi connectivity index (χ2v) is 6.39. The fraction of sp³-hybridized carbons (Fsp3) is 0.750. The van der Waals surface area contributed by atoms with Gasteiger partial charge in [-0.05, 0) is 44.7 Å². The van der Waals surface area contributed by atoms with Crippen LogP contribution in [0.1, 0.15) is 49.0 Å². The van der Waals surface area contributed by atoms with Crippen LogP contribution in [0.25, 0.3) is 0 Å². The Morgan fingerprint density at radius 3 is 2.76 bits per heavy atom. The first-order valence-electron chi connectivity index (χ1n) is 8.25. The van der Waals surface area contributed by atoms with Crippen LogP contribution >= 0.6 is 0 Å². The van der Waals surface area contributed by atoms with Crippen molar-refractivity contribution in [3.8, 4) is 0 Å². The zero-order valence-electron chi connectivity index (χ0n) is 12.9. The molecule has 0 spiro atoms. The smallest absolute Gasteiger partial charge is 0.272 e. The summed E-state index contributed by atoms with van der Waals surface area (Å²) in [5.74, 6) is 0.821. The average Bonchev–Trinajstić information content (AvgIpc) is 2.80. The molecule has 0 aromatic carbocycles. The molecule has 2 fully saturated rings. The van der Waals surface area contributed by atoms with E-state index in [9.17, 15) is 4.79 Å². The van der Waals surface area contributed by atoms with Crippen LogP contribution in [-0.2, 0) is 7.05 Å². The summed E-state index contributed by atoms with van der Waals surface area (Å²) in [6, 6.07) is 0.414. The maximum Gasteiger partial charge on any atom is 0.272 e. The number of imidazole rings is 1. The minimum Gasteiger partial charge on any atom is -0.334 e. The van der Waals surface area contributed by atoms with Gasteiger partial charge in [-0.25, -0.2) is 4.98 Å². The monoisotopic (exact) mass is 290 g/mol. The number of piperidine rings is 1. The molecule has 1 aromatic heterocycles. The molecule has 0 aliphatic carbocycles. The summed E-state index contributed by atoms with van der Waals surface area (Å²) in [6.45, 7) is 3.09. The van der Waals surface area contributed by atoms with Gasteiger partial charge in [-0.15, -0.1) is 0 Å². The quantitative estimate of drug-likeness (QED) is 0.903. The van der Waals surface area contributed by atoms with Gasteiger partial charge >= 0.3 is 0 Å². The van der Waals surface area contributed by atoms with Gasteiger partial charge in [0.15, 0.2) is 0 Å². The average molecular weight is 290 g/mol. The lowest BCUT2D eigenvalue weighted by Gasteiger charge is -2.38. The van der Waals surface area contributed by atoms with Crippen molar-refractivity contribution in [3.63, 3.8) is 0 Å². The lowest BCUT2D eigenvalue weighted by atomic mass is 9.86. The van der Waals surface area contributed by atoms with Gasteiger partial charge < -0.3 is 14.8 Å². The maximum atomic E-state index is 12.9. The normalized spacial score (nSPS) is 24.8. The van der Waals surface area contributed by atoms with Gasteiger partial charge in [-0.3, -0.25) is 4.79 Å². The summed E-state index contributed by atoms with van der Waals surface area (Å²) >= 11 is 0. The Bertz CT molecular complexity index is 478. The zero-order valence-corrected chi connectivity index (χ0v) is 12.9. The number of amides is 1. The number of hydrogen-bond acceptors (Lipinski definition) is 3. The summed E-state index contributed by atoms with van der Waals surface area (Å²) in [6.07, 6.45) is 10.6. The molecule has 1 aromatic rings. The number of likely N-dealkylation sites (tertiary alicyclic amines) is 1. The molecule has 3 heterocycles. The second-order valence-electron chi connectivity index (χ2n) is 6.39. The molecule has 21 heavy (non-hydrogen) atoms. The highest BCUT2D eigenvalue weighted by Crippen LogP contribution is 2.29. The maximum absolute atomic E-state index is 12.9. The molecule has 5 heteroatoms. The van der Waals surface area contributed by atoms with Crippen LogP contribution in [0, 0.1) is 5.92 Å². The molecular weight excluding hydrogens is 264 g/mol. The number of hydrogen-bond donors (Lipinski definition) is 1. The van der Waals surface area contributed by atoms with E-state index >= 15 is 0 Å². The number of rotatable bonds is 2. The Hall–Kier alpha value is -1.36. The fourth-order valence-electron chi connectivity index (χ4n) is 3.82. The van der Waals surface area contributed by atoms with Crippen LogP contribution < -0.4 is 5.32 Å². The van der Waals surface area contributed by atoms with E-state index in [1.807, 2.05) is 11.6 Å². The molecule has 116 valence electrons. The van der Waals surface area contributed by atoms with Crippen molar-refractivity contribution in [1.29, 1.82) is 0 Å². The third kappa shape index (κ3) is 3.12. The van der Waals surface area contributed by atoms with E-state index in [-0.39, 0.29) is 5.91 Å². The Morgan fingerprint density at radius 1 is 1.24 bits per heavy atom. The van der Waals surface area contributed by atoms with Crippen LogP contribution in [0.15, 0.2) is 12.5 Å². The molecule has 3 rings (SSSR count). The molecular formula is C16H26N4O. The minimum atomic E-state index is 0.167. The molecule has 2 aliphatic rings. The summed E-state index contributed by atoms with van der Waals surface area (Å²) in [7, 11) is 1.90. The van der Waals surface area contributed by atoms with Gasteiger partial charge in [-0.1, -0.05) is 12.8 Å². The first kappa shape index (κ1) is 14.6. The molecule has 2 saturated heterocycles. The summed E-state index contributed by atoms with van der Waals surface area (Å²) in [4.78, 5) is 19.2. The largest absolute Gasteiger partial charge is 0.334 e. The van der Waals surface area contributed by atoms with Gasteiger partial charge in [-0.2, -0.15) is 0 Å². The topological polar surface area (TPSA) is 50.2 Å². The highest BCUT2D eigenvalue weighted by molar-refractivity contribution is 5.92. The number of aryl methyl sites for hydroxylation is 1. The van der Waals surface area contributed by atoms with Crippen molar-refractivity contribution in [2.45, 2.75) is 44.6 Å². The molecule has 2 aliphatic heterocycles. The van der Waals surface area contributed by atoms with Gasteiger partial charge in [0.25, 0.3) is 5.91 Å². The summed E-state index contributed by atoms with van der Waals surface area (Å²) in [5.41, 5.74) is 0.718. The van der Waals surface area contributed by atoms with Crippen molar-refractivity contribution in [2.75, 3.05) is 19.6 Å². The van der Waals surface area contributed by atoms with Gasteiger partial charge in [0, 0.05) is 19.6 Å². The van der Waals surface area contributed by atoms with Crippen LogP contribution in [0.4, 0.5) is 0 Å². The molecule has 0 radical (unpaired) electrons. The first-order chi connectivity index (χ1) is 10.3. The van der Waals surface area contributed by atoms with Crippen molar-refractivity contribution in [2.24, 2.45) is 13.0 Å².